The van der Waals surface area contributed by atoms with Crippen LogP contribution in [0.3, 0.4) is 0 Å². The van der Waals surface area contributed by atoms with Gasteiger partial charge in [0.05, 0.1) is 6.61 Å². The molecule has 0 N–H and O–H groups in total. The first-order chi connectivity index (χ1) is 16.1. The van der Waals surface area contributed by atoms with E-state index >= 15 is 0 Å². The van der Waals surface area contributed by atoms with Gasteiger partial charge in [0.1, 0.15) is 5.75 Å². The summed E-state index contributed by atoms with van der Waals surface area (Å²) in [4.78, 5) is 15.3. The maximum absolute atomic E-state index is 12.7. The largest absolute Gasteiger partial charge is 0.494 e. The second-order valence-electron chi connectivity index (χ2n) is 9.77. The number of fused-ring (bicyclic) bond motifs is 2. The fraction of sp³-hybridized carbons (Fsp3) is 0.500. The summed E-state index contributed by atoms with van der Waals surface area (Å²) in [6, 6.07) is 15.3. The molecule has 2 aromatic rings. The smallest absolute Gasteiger partial charge is 0.163 e. The number of carbonyl (C=O) groups is 1. The summed E-state index contributed by atoms with van der Waals surface area (Å²) in [5, 5.41) is 0. The zero-order valence-corrected chi connectivity index (χ0v) is 20.6. The quantitative estimate of drug-likeness (QED) is 0.390. The predicted octanol–water partition coefficient (Wildman–Crippen LogP) is 6.98. The molecule has 3 nitrogen and oxygen atoms in total. The molecule has 176 valence electrons. The van der Waals surface area contributed by atoms with Gasteiger partial charge in [-0.15, -0.1) is 0 Å². The van der Waals surface area contributed by atoms with Crippen LogP contribution in [0.5, 0.6) is 5.75 Å². The number of rotatable bonds is 9. The third-order valence-corrected chi connectivity index (χ3v) is 7.84. The van der Waals surface area contributed by atoms with Crippen LogP contribution in [0.15, 0.2) is 48.5 Å². The Balaban J connectivity index is 1.34. The average Bonchev–Trinajstić information content (AvgIpc) is 2.83. The maximum atomic E-state index is 12.7. The van der Waals surface area contributed by atoms with Crippen LogP contribution in [0.4, 0.5) is 0 Å². The number of aryl methyl sites for hydroxylation is 1. The van der Waals surface area contributed by atoms with Gasteiger partial charge in [-0.05, 0) is 99.7 Å². The zero-order chi connectivity index (χ0) is 23.3. The van der Waals surface area contributed by atoms with Gasteiger partial charge in [-0.2, -0.15) is 0 Å². The second-order valence-corrected chi connectivity index (χ2v) is 9.77. The minimum Gasteiger partial charge on any atom is -0.494 e. The van der Waals surface area contributed by atoms with E-state index in [-0.39, 0.29) is 11.2 Å². The van der Waals surface area contributed by atoms with Gasteiger partial charge < -0.3 is 9.64 Å². The lowest BCUT2D eigenvalue weighted by Crippen LogP contribution is -2.43. The Labute approximate surface area is 199 Å². The average molecular weight is 446 g/mol. The first-order valence-corrected chi connectivity index (χ1v) is 12.8. The Bertz CT molecular complexity index is 985. The molecule has 3 heteroatoms. The summed E-state index contributed by atoms with van der Waals surface area (Å²) in [6.07, 6.45) is 12.3. The van der Waals surface area contributed by atoms with Crippen molar-refractivity contribution >= 4 is 11.9 Å². The monoisotopic (exact) mass is 445 g/mol. The number of allylic oxidation sites excluding steroid dienone is 1. The molecule has 0 bridgehead atoms. The summed E-state index contributed by atoms with van der Waals surface area (Å²) in [5.41, 5.74) is 5.11. The summed E-state index contributed by atoms with van der Waals surface area (Å²) < 4.78 is 5.74. The van der Waals surface area contributed by atoms with Crippen molar-refractivity contribution in [3.05, 3.63) is 70.8 Å². The lowest BCUT2D eigenvalue weighted by Gasteiger charge is -2.45. The summed E-state index contributed by atoms with van der Waals surface area (Å²) in [6.45, 7) is 9.11. The van der Waals surface area contributed by atoms with Crippen molar-refractivity contribution < 1.29 is 9.53 Å². The zero-order valence-electron chi connectivity index (χ0n) is 20.6. The third kappa shape index (κ3) is 5.24. The van der Waals surface area contributed by atoms with Gasteiger partial charge in [-0.1, -0.05) is 49.4 Å². The number of ether oxygens (including phenoxy) is 1. The van der Waals surface area contributed by atoms with Gasteiger partial charge in [0.2, 0.25) is 0 Å². The number of nitrogens with zero attached hydrogens (tertiary/aromatic N) is 1. The highest BCUT2D eigenvalue weighted by atomic mass is 16.5. The molecule has 2 aliphatic carbocycles. The minimum atomic E-state index is 0.281. The number of hydrogen-bond acceptors (Lipinski definition) is 3. The topological polar surface area (TPSA) is 29.5 Å². The van der Waals surface area contributed by atoms with Crippen molar-refractivity contribution in [2.24, 2.45) is 0 Å². The summed E-state index contributed by atoms with van der Waals surface area (Å²) in [5.74, 6) is 1.26. The first-order valence-electron chi connectivity index (χ1n) is 12.8. The Morgan fingerprint density at radius 3 is 2.64 bits per heavy atom. The van der Waals surface area contributed by atoms with E-state index in [1.165, 1.54) is 36.8 Å². The lowest BCUT2D eigenvalue weighted by atomic mass is 9.63. The van der Waals surface area contributed by atoms with E-state index in [4.69, 9.17) is 4.74 Å². The van der Waals surface area contributed by atoms with Crippen molar-refractivity contribution in [1.82, 2.24) is 4.90 Å². The molecule has 1 spiro atoms. The van der Waals surface area contributed by atoms with Crippen molar-refractivity contribution in [2.45, 2.75) is 77.2 Å². The van der Waals surface area contributed by atoms with Crippen LogP contribution in [-0.4, -0.2) is 36.4 Å². The van der Waals surface area contributed by atoms with Crippen molar-refractivity contribution in [2.75, 3.05) is 19.7 Å². The van der Waals surface area contributed by atoms with Gasteiger partial charge in [-0.3, -0.25) is 4.79 Å². The third-order valence-electron chi connectivity index (χ3n) is 7.84. The number of carbonyl (C=O) groups excluding carboxylic acids is 1. The Kier molecular flexibility index (Phi) is 7.70. The van der Waals surface area contributed by atoms with Crippen molar-refractivity contribution in [1.29, 1.82) is 0 Å². The molecule has 1 saturated carbocycles. The van der Waals surface area contributed by atoms with E-state index in [0.717, 1.165) is 42.8 Å². The molecular formula is C30H39NO2. The van der Waals surface area contributed by atoms with Gasteiger partial charge >= 0.3 is 0 Å². The maximum Gasteiger partial charge on any atom is 0.163 e. The standard InChI is InChI=1S/C30H39NO2/c1-4-31(21-9-13-29(32)27-12-7-6-10-23(27)3)25-16-19-30(20-17-25)18-8-11-24-22-26(33-5-2)14-15-28(24)30/h6-8,10-12,14-15,22,25H,4-5,9,13,16-21H2,1-3H3. The molecule has 0 aromatic heterocycles. The van der Waals surface area contributed by atoms with E-state index < -0.39 is 0 Å². The molecular weight excluding hydrogens is 406 g/mol. The van der Waals surface area contributed by atoms with Crippen LogP contribution >= 0.6 is 0 Å². The van der Waals surface area contributed by atoms with E-state index in [1.807, 2.05) is 38.1 Å². The fourth-order valence-electron chi connectivity index (χ4n) is 6.00. The molecule has 0 atom stereocenters. The van der Waals surface area contributed by atoms with E-state index in [9.17, 15) is 4.79 Å². The molecule has 33 heavy (non-hydrogen) atoms. The number of benzene rings is 2. The molecule has 0 saturated heterocycles. The van der Waals surface area contributed by atoms with Crippen LogP contribution in [0.25, 0.3) is 6.08 Å². The number of ketones is 1. The van der Waals surface area contributed by atoms with Crippen LogP contribution in [0.1, 0.15) is 85.8 Å². The predicted molar refractivity (Wildman–Crippen MR) is 137 cm³/mol. The molecule has 1 fully saturated rings. The molecule has 0 amide bonds. The van der Waals surface area contributed by atoms with Crippen molar-refractivity contribution in [3.63, 3.8) is 0 Å². The molecule has 0 unspecified atom stereocenters. The van der Waals surface area contributed by atoms with E-state index in [1.54, 1.807) is 0 Å². The van der Waals surface area contributed by atoms with Crippen LogP contribution in [-0.2, 0) is 5.41 Å². The Morgan fingerprint density at radius 1 is 1.12 bits per heavy atom. The minimum absolute atomic E-state index is 0.281. The molecule has 0 aliphatic heterocycles. The number of hydrogen-bond donors (Lipinski definition) is 0. The second kappa shape index (κ2) is 10.7. The molecule has 0 heterocycles. The Morgan fingerprint density at radius 2 is 1.91 bits per heavy atom. The molecule has 2 aliphatic rings. The molecule has 2 aromatic carbocycles. The number of Topliss-reactive ketones (excluding diaryl/α,β-unsaturated/α-hetero) is 1. The normalized spacial score (nSPS) is 21.9. The fourth-order valence-corrected chi connectivity index (χ4v) is 6.00. The van der Waals surface area contributed by atoms with Gasteiger partial charge in [0, 0.05) is 18.0 Å². The van der Waals surface area contributed by atoms with Crippen LogP contribution in [0, 0.1) is 6.92 Å². The summed E-state index contributed by atoms with van der Waals surface area (Å²) >= 11 is 0. The van der Waals surface area contributed by atoms with Crippen molar-refractivity contribution in [3.8, 4) is 5.75 Å². The van der Waals surface area contributed by atoms with Gasteiger partial charge in [0.25, 0.3) is 0 Å². The van der Waals surface area contributed by atoms with Crippen LogP contribution < -0.4 is 4.74 Å². The highest BCUT2D eigenvalue weighted by molar-refractivity contribution is 5.97. The molecule has 0 radical (unpaired) electrons. The molecule has 4 rings (SSSR count). The Hall–Kier alpha value is -2.39. The lowest BCUT2D eigenvalue weighted by molar-refractivity contribution is 0.0955. The highest BCUT2D eigenvalue weighted by Gasteiger charge is 2.39. The van der Waals surface area contributed by atoms with Gasteiger partial charge in [-0.25, -0.2) is 0 Å². The first kappa shape index (κ1) is 23.8. The van der Waals surface area contributed by atoms with E-state index in [0.29, 0.717) is 19.1 Å². The SMILES string of the molecule is CCOc1ccc2c(c1)C=CCC21CCC(N(CC)CCCC(=O)c2ccccc2C)CC1. The van der Waals surface area contributed by atoms with Crippen LogP contribution in [0.2, 0.25) is 0 Å². The highest BCUT2D eigenvalue weighted by Crippen LogP contribution is 2.47. The van der Waals surface area contributed by atoms with E-state index in [2.05, 4.69) is 42.2 Å². The summed E-state index contributed by atoms with van der Waals surface area (Å²) in [7, 11) is 0. The van der Waals surface area contributed by atoms with Gasteiger partial charge in [0.15, 0.2) is 5.78 Å².